The molecule has 0 radical (unpaired) electrons. The average Bonchev–Trinajstić information content (AvgIpc) is 2.45. The fourth-order valence-corrected chi connectivity index (χ4v) is 5.74. The zero-order valence-corrected chi connectivity index (χ0v) is 11.4. The lowest BCUT2D eigenvalue weighted by molar-refractivity contribution is -0.0525. The summed E-state index contributed by atoms with van der Waals surface area (Å²) in [5.74, 6) is 4.09. The molecule has 94 valence electrons. The molecule has 17 heavy (non-hydrogen) atoms. The van der Waals surface area contributed by atoms with Crippen LogP contribution in [0.1, 0.15) is 40.5 Å². The third-order valence-electron chi connectivity index (χ3n) is 6.98. The van der Waals surface area contributed by atoms with E-state index in [9.17, 15) is 0 Å². The van der Waals surface area contributed by atoms with Crippen molar-refractivity contribution >= 4 is 0 Å². The van der Waals surface area contributed by atoms with Gasteiger partial charge >= 0.3 is 0 Å². The van der Waals surface area contributed by atoms with Crippen LogP contribution in [0.5, 0.6) is 0 Å². The van der Waals surface area contributed by atoms with Gasteiger partial charge in [0.15, 0.2) is 0 Å². The molecule has 3 fully saturated rings. The van der Waals surface area contributed by atoms with Crippen LogP contribution in [0.3, 0.4) is 0 Å². The van der Waals surface area contributed by atoms with Gasteiger partial charge in [-0.05, 0) is 54.8 Å². The first kappa shape index (κ1) is 10.6. The van der Waals surface area contributed by atoms with Crippen LogP contribution >= 0.6 is 0 Å². The molecule has 0 amide bonds. The number of fused-ring (bicyclic) bond motifs is 1. The molecule has 8 atom stereocenters. The predicted molar refractivity (Wildman–Crippen MR) is 68.6 cm³/mol. The lowest BCUT2D eigenvalue weighted by atomic mass is 9.45. The topological polar surface area (TPSA) is 9.23 Å². The maximum absolute atomic E-state index is 6.34. The summed E-state index contributed by atoms with van der Waals surface area (Å²) in [4.78, 5) is 0. The van der Waals surface area contributed by atoms with Crippen LogP contribution in [0.4, 0.5) is 0 Å². The van der Waals surface area contributed by atoms with Gasteiger partial charge in [0.2, 0.25) is 0 Å². The molecule has 5 bridgehead atoms. The zero-order valence-electron chi connectivity index (χ0n) is 11.4. The van der Waals surface area contributed by atoms with Crippen molar-refractivity contribution in [1.29, 1.82) is 0 Å². The van der Waals surface area contributed by atoms with Gasteiger partial charge < -0.3 is 4.74 Å². The van der Waals surface area contributed by atoms with Gasteiger partial charge in [0, 0.05) is 0 Å². The second kappa shape index (κ2) is 2.99. The third kappa shape index (κ3) is 1.06. The normalized spacial score (nSPS) is 63.8. The Morgan fingerprint density at radius 1 is 1.29 bits per heavy atom. The highest BCUT2D eigenvalue weighted by molar-refractivity contribution is 5.25. The smallest absolute Gasteiger partial charge is 0.0621 e. The molecule has 0 unspecified atom stereocenters. The van der Waals surface area contributed by atoms with E-state index < -0.39 is 0 Å². The van der Waals surface area contributed by atoms with E-state index in [2.05, 4.69) is 33.8 Å². The van der Waals surface area contributed by atoms with Crippen LogP contribution in [0, 0.1) is 35.0 Å². The van der Waals surface area contributed by atoms with Crippen molar-refractivity contribution in [2.45, 2.75) is 52.7 Å². The van der Waals surface area contributed by atoms with Crippen molar-refractivity contribution in [3.8, 4) is 0 Å². The molecule has 1 heteroatoms. The van der Waals surface area contributed by atoms with Crippen molar-refractivity contribution < 1.29 is 4.74 Å². The molecule has 0 aromatic carbocycles. The second-order valence-electron chi connectivity index (χ2n) is 7.41. The van der Waals surface area contributed by atoms with Crippen LogP contribution in [-0.2, 0) is 4.74 Å². The summed E-state index contributed by atoms with van der Waals surface area (Å²) in [6, 6.07) is 0. The number of allylic oxidation sites excluding steroid dienone is 2. The maximum atomic E-state index is 6.34. The molecule has 3 aliphatic carbocycles. The van der Waals surface area contributed by atoms with E-state index in [-0.39, 0.29) is 0 Å². The van der Waals surface area contributed by atoms with Gasteiger partial charge in [-0.1, -0.05) is 32.4 Å². The standard InChI is InChI=1S/C16H24O/c1-8-5-11-12-6-13-9(2)15(11)14(17-13)7-16(12,4)10(8)3/h5,9-15H,6-7H2,1-4H3/t9-,10+,11+,12+,13-,14+,15-,16+/m1/s1. The molecule has 0 aromatic rings. The Kier molecular flexibility index (Phi) is 1.86. The quantitative estimate of drug-likeness (QED) is 0.579. The van der Waals surface area contributed by atoms with Crippen LogP contribution in [0.25, 0.3) is 0 Å². The van der Waals surface area contributed by atoms with E-state index >= 15 is 0 Å². The maximum Gasteiger partial charge on any atom is 0.0621 e. The third-order valence-corrected chi connectivity index (χ3v) is 6.98. The Labute approximate surface area is 105 Å². The number of ether oxygens (including phenoxy) is 1. The van der Waals surface area contributed by atoms with Crippen LogP contribution in [0.15, 0.2) is 11.6 Å². The summed E-state index contributed by atoms with van der Waals surface area (Å²) in [6.45, 7) is 9.76. The Morgan fingerprint density at radius 2 is 2.06 bits per heavy atom. The van der Waals surface area contributed by atoms with Crippen molar-refractivity contribution in [3.63, 3.8) is 0 Å². The van der Waals surface area contributed by atoms with Crippen molar-refractivity contribution in [3.05, 3.63) is 11.6 Å². The molecule has 1 heterocycles. The predicted octanol–water partition coefficient (Wildman–Crippen LogP) is 3.65. The molecule has 1 nitrogen and oxygen atoms in total. The summed E-state index contributed by atoms with van der Waals surface area (Å²) >= 11 is 0. The molecule has 4 rings (SSSR count). The van der Waals surface area contributed by atoms with Gasteiger partial charge in [0.05, 0.1) is 12.2 Å². The van der Waals surface area contributed by atoms with E-state index in [0.717, 1.165) is 29.6 Å². The minimum Gasteiger partial charge on any atom is -0.374 e. The lowest BCUT2D eigenvalue weighted by Gasteiger charge is -2.58. The van der Waals surface area contributed by atoms with Crippen molar-refractivity contribution in [2.75, 3.05) is 0 Å². The number of hydrogen-bond donors (Lipinski definition) is 0. The average molecular weight is 232 g/mol. The minimum atomic E-state index is 0.513. The fourth-order valence-electron chi connectivity index (χ4n) is 5.74. The molecule has 0 N–H and O–H groups in total. The molecular weight excluding hydrogens is 208 g/mol. The second-order valence-corrected chi connectivity index (χ2v) is 7.41. The SMILES string of the molecule is CC1=C[C@@H]2[C@H]3[C@H](C)[C@H]4C[C@@H]2[C@@](C)(C[C@@H]3O4)[C@H]1C. The summed E-state index contributed by atoms with van der Waals surface area (Å²) in [5.41, 5.74) is 2.16. The molecule has 1 aliphatic heterocycles. The van der Waals surface area contributed by atoms with Gasteiger partial charge in [-0.25, -0.2) is 0 Å². The van der Waals surface area contributed by atoms with E-state index in [1.807, 2.05) is 0 Å². The molecule has 4 aliphatic rings. The zero-order chi connectivity index (χ0) is 11.9. The summed E-state index contributed by atoms with van der Waals surface area (Å²) in [6.07, 6.45) is 6.40. The van der Waals surface area contributed by atoms with E-state index in [0.29, 0.717) is 17.6 Å². The van der Waals surface area contributed by atoms with Crippen LogP contribution < -0.4 is 0 Å². The first-order chi connectivity index (χ1) is 8.02. The molecule has 1 saturated heterocycles. The van der Waals surface area contributed by atoms with E-state index in [1.165, 1.54) is 12.8 Å². The van der Waals surface area contributed by atoms with Gasteiger partial charge in [-0.15, -0.1) is 0 Å². The van der Waals surface area contributed by atoms with Crippen LogP contribution in [0.2, 0.25) is 0 Å². The largest absolute Gasteiger partial charge is 0.374 e. The highest BCUT2D eigenvalue weighted by atomic mass is 16.5. The van der Waals surface area contributed by atoms with Gasteiger partial charge in [-0.2, -0.15) is 0 Å². The number of rotatable bonds is 0. The Bertz CT molecular complexity index is 398. The first-order valence-electron chi connectivity index (χ1n) is 7.36. The van der Waals surface area contributed by atoms with Gasteiger partial charge in [-0.3, -0.25) is 0 Å². The van der Waals surface area contributed by atoms with Crippen molar-refractivity contribution in [2.24, 2.45) is 35.0 Å². The Hall–Kier alpha value is -0.300. The van der Waals surface area contributed by atoms with Crippen LogP contribution in [-0.4, -0.2) is 12.2 Å². The highest BCUT2D eigenvalue weighted by Gasteiger charge is 2.63. The minimum absolute atomic E-state index is 0.513. The van der Waals surface area contributed by atoms with E-state index in [4.69, 9.17) is 4.74 Å². The summed E-state index contributed by atoms with van der Waals surface area (Å²) < 4.78 is 6.34. The number of hydrogen-bond acceptors (Lipinski definition) is 1. The summed E-state index contributed by atoms with van der Waals surface area (Å²) in [7, 11) is 0. The van der Waals surface area contributed by atoms with Crippen molar-refractivity contribution in [1.82, 2.24) is 0 Å². The Balaban J connectivity index is 1.88. The fraction of sp³-hybridized carbons (Fsp3) is 0.875. The molecule has 0 aromatic heterocycles. The monoisotopic (exact) mass is 232 g/mol. The Morgan fingerprint density at radius 3 is 2.82 bits per heavy atom. The first-order valence-corrected chi connectivity index (χ1v) is 7.36. The highest BCUT2D eigenvalue weighted by Crippen LogP contribution is 2.66. The molecular formula is C16H24O. The summed E-state index contributed by atoms with van der Waals surface area (Å²) in [5, 5.41) is 0. The lowest BCUT2D eigenvalue weighted by Crippen LogP contribution is -2.54. The molecule has 2 saturated carbocycles. The van der Waals surface area contributed by atoms with Gasteiger partial charge in [0.25, 0.3) is 0 Å². The molecule has 0 spiro atoms. The van der Waals surface area contributed by atoms with E-state index in [1.54, 1.807) is 5.57 Å². The van der Waals surface area contributed by atoms with Gasteiger partial charge in [0.1, 0.15) is 0 Å².